The molecule has 1 fully saturated rings. The van der Waals surface area contributed by atoms with Gasteiger partial charge in [0.2, 0.25) is 0 Å². The normalized spacial score (nSPS) is 19.2. The molecule has 120 valence electrons. The fourth-order valence-electron chi connectivity index (χ4n) is 2.93. The van der Waals surface area contributed by atoms with E-state index < -0.39 is 0 Å². The van der Waals surface area contributed by atoms with Crippen LogP contribution in [0.4, 0.5) is 4.79 Å². The lowest BCUT2D eigenvalue weighted by atomic mass is 10.1. The Morgan fingerprint density at radius 1 is 1.00 bits per heavy atom. The summed E-state index contributed by atoms with van der Waals surface area (Å²) in [5, 5.41) is 15.1. The Morgan fingerprint density at radius 3 is 2.43 bits per heavy atom. The minimum atomic E-state index is -0.156. The minimum absolute atomic E-state index is 0.0136. The lowest BCUT2D eigenvalue weighted by molar-refractivity contribution is 0.239. The van der Waals surface area contributed by atoms with Gasteiger partial charge in [-0.25, -0.2) is 4.79 Å². The maximum Gasteiger partial charge on any atom is 0.315 e. The topological polar surface area (TPSA) is 61.4 Å². The molecule has 0 saturated heterocycles. The van der Waals surface area contributed by atoms with Gasteiger partial charge in [-0.3, -0.25) is 0 Å². The van der Waals surface area contributed by atoms with Crippen LogP contribution in [0.2, 0.25) is 0 Å². The van der Waals surface area contributed by atoms with E-state index in [0.29, 0.717) is 24.9 Å². The third-order valence-corrected chi connectivity index (χ3v) is 4.40. The van der Waals surface area contributed by atoms with Crippen LogP contribution in [0.15, 0.2) is 54.6 Å². The Labute approximate surface area is 136 Å². The number of aliphatic hydroxyl groups is 1. The predicted octanol–water partition coefficient (Wildman–Crippen LogP) is 2.78. The molecule has 0 radical (unpaired) electrons. The number of amides is 2. The maximum absolute atomic E-state index is 11.9. The smallest absolute Gasteiger partial charge is 0.315 e. The molecule has 2 atom stereocenters. The van der Waals surface area contributed by atoms with Gasteiger partial charge < -0.3 is 15.7 Å². The third-order valence-electron chi connectivity index (χ3n) is 4.40. The van der Waals surface area contributed by atoms with E-state index in [9.17, 15) is 9.90 Å². The van der Waals surface area contributed by atoms with Crippen LogP contribution in [0, 0.1) is 5.92 Å². The van der Waals surface area contributed by atoms with Crippen molar-refractivity contribution in [3.05, 3.63) is 71.3 Å². The van der Waals surface area contributed by atoms with Gasteiger partial charge in [0.25, 0.3) is 0 Å². The molecule has 3 rings (SSSR count). The SMILES string of the molecule is O=C(NCc1ccccc1CO)NCC1CC1c1ccccc1. The summed E-state index contributed by atoms with van der Waals surface area (Å²) >= 11 is 0. The van der Waals surface area contributed by atoms with Crippen LogP contribution < -0.4 is 10.6 Å². The Balaban J connectivity index is 1.41. The number of hydrogen-bond donors (Lipinski definition) is 3. The summed E-state index contributed by atoms with van der Waals surface area (Å²) in [5.41, 5.74) is 3.15. The number of carbonyl (C=O) groups is 1. The van der Waals surface area contributed by atoms with E-state index in [2.05, 4.69) is 34.9 Å². The van der Waals surface area contributed by atoms with Crippen molar-refractivity contribution in [1.82, 2.24) is 10.6 Å². The Bertz CT molecular complexity index is 657. The highest BCUT2D eigenvalue weighted by Gasteiger charge is 2.37. The van der Waals surface area contributed by atoms with Gasteiger partial charge in [0.05, 0.1) is 6.61 Å². The molecule has 0 aromatic heterocycles. The molecule has 0 bridgehead atoms. The van der Waals surface area contributed by atoms with Crippen molar-refractivity contribution in [3.8, 4) is 0 Å². The van der Waals surface area contributed by atoms with Crippen LogP contribution >= 0.6 is 0 Å². The zero-order valence-corrected chi connectivity index (χ0v) is 13.0. The largest absolute Gasteiger partial charge is 0.392 e. The quantitative estimate of drug-likeness (QED) is 0.768. The van der Waals surface area contributed by atoms with Crippen LogP contribution in [0.25, 0.3) is 0 Å². The first-order valence-electron chi connectivity index (χ1n) is 8.02. The van der Waals surface area contributed by atoms with Crippen molar-refractivity contribution in [2.75, 3.05) is 6.54 Å². The number of carbonyl (C=O) groups excluding carboxylic acids is 1. The fraction of sp³-hybridized carbons (Fsp3) is 0.316. The average Bonchev–Trinajstić information content (AvgIpc) is 3.39. The molecule has 0 spiro atoms. The zero-order chi connectivity index (χ0) is 16.1. The van der Waals surface area contributed by atoms with Gasteiger partial charge in [-0.1, -0.05) is 54.6 Å². The summed E-state index contributed by atoms with van der Waals surface area (Å²) in [4.78, 5) is 11.9. The van der Waals surface area contributed by atoms with Crippen molar-refractivity contribution in [2.24, 2.45) is 5.92 Å². The summed E-state index contributed by atoms with van der Waals surface area (Å²) in [6.07, 6.45) is 1.14. The second-order valence-electron chi connectivity index (χ2n) is 6.00. The first kappa shape index (κ1) is 15.6. The predicted molar refractivity (Wildman–Crippen MR) is 89.9 cm³/mol. The van der Waals surface area contributed by atoms with E-state index in [1.807, 2.05) is 30.3 Å². The zero-order valence-electron chi connectivity index (χ0n) is 13.0. The van der Waals surface area contributed by atoms with Gasteiger partial charge in [0, 0.05) is 13.1 Å². The van der Waals surface area contributed by atoms with Gasteiger partial charge in [0.15, 0.2) is 0 Å². The summed E-state index contributed by atoms with van der Waals surface area (Å²) in [6, 6.07) is 17.9. The van der Waals surface area contributed by atoms with Crippen molar-refractivity contribution in [3.63, 3.8) is 0 Å². The van der Waals surface area contributed by atoms with Crippen LogP contribution in [-0.4, -0.2) is 17.7 Å². The second-order valence-corrected chi connectivity index (χ2v) is 6.00. The summed E-state index contributed by atoms with van der Waals surface area (Å²) in [7, 11) is 0. The van der Waals surface area contributed by atoms with Crippen molar-refractivity contribution in [2.45, 2.75) is 25.5 Å². The first-order chi connectivity index (χ1) is 11.3. The number of aliphatic hydroxyl groups excluding tert-OH is 1. The lowest BCUT2D eigenvalue weighted by Gasteiger charge is -2.10. The standard InChI is InChI=1S/C19H22N2O2/c22-13-16-9-5-4-8-15(16)11-20-19(23)21-12-17-10-18(17)14-6-2-1-3-7-14/h1-9,17-18,22H,10-13H2,(H2,20,21,23). The van der Waals surface area contributed by atoms with Crippen LogP contribution in [-0.2, 0) is 13.2 Å². The molecule has 2 amide bonds. The number of urea groups is 1. The maximum atomic E-state index is 11.9. The highest BCUT2D eigenvalue weighted by molar-refractivity contribution is 5.73. The molecule has 3 N–H and O–H groups in total. The minimum Gasteiger partial charge on any atom is -0.392 e. The molecule has 0 aliphatic heterocycles. The van der Waals surface area contributed by atoms with E-state index in [1.165, 1.54) is 5.56 Å². The van der Waals surface area contributed by atoms with Crippen molar-refractivity contribution < 1.29 is 9.90 Å². The molecule has 2 aromatic rings. The molecule has 1 aliphatic carbocycles. The monoisotopic (exact) mass is 310 g/mol. The molecule has 1 aliphatic rings. The fourth-order valence-corrected chi connectivity index (χ4v) is 2.93. The Hall–Kier alpha value is -2.33. The van der Waals surface area contributed by atoms with Gasteiger partial charge in [-0.05, 0) is 34.9 Å². The molecule has 4 heteroatoms. The number of rotatable bonds is 6. The summed E-state index contributed by atoms with van der Waals surface area (Å²) in [5.74, 6) is 1.11. The molecule has 4 nitrogen and oxygen atoms in total. The summed E-state index contributed by atoms with van der Waals surface area (Å²) in [6.45, 7) is 1.11. The van der Waals surface area contributed by atoms with E-state index in [-0.39, 0.29) is 12.6 Å². The molecular formula is C19H22N2O2. The molecule has 1 saturated carbocycles. The van der Waals surface area contributed by atoms with E-state index in [4.69, 9.17) is 0 Å². The van der Waals surface area contributed by atoms with E-state index in [0.717, 1.165) is 17.5 Å². The Morgan fingerprint density at radius 2 is 1.70 bits per heavy atom. The summed E-state index contributed by atoms with van der Waals surface area (Å²) < 4.78 is 0. The number of hydrogen-bond acceptors (Lipinski definition) is 2. The van der Waals surface area contributed by atoms with Crippen LogP contribution in [0.1, 0.15) is 29.0 Å². The molecule has 2 aromatic carbocycles. The van der Waals surface area contributed by atoms with E-state index >= 15 is 0 Å². The third kappa shape index (κ3) is 4.11. The van der Waals surface area contributed by atoms with Gasteiger partial charge in [-0.2, -0.15) is 0 Å². The van der Waals surface area contributed by atoms with Gasteiger partial charge >= 0.3 is 6.03 Å². The lowest BCUT2D eigenvalue weighted by Crippen LogP contribution is -2.36. The Kier molecular flexibility index (Phi) is 4.93. The number of nitrogens with one attached hydrogen (secondary N) is 2. The van der Waals surface area contributed by atoms with Gasteiger partial charge in [-0.15, -0.1) is 0 Å². The molecule has 23 heavy (non-hydrogen) atoms. The van der Waals surface area contributed by atoms with Crippen molar-refractivity contribution in [1.29, 1.82) is 0 Å². The highest BCUT2D eigenvalue weighted by atomic mass is 16.3. The van der Waals surface area contributed by atoms with E-state index in [1.54, 1.807) is 0 Å². The molecule has 2 unspecified atom stereocenters. The second kappa shape index (κ2) is 7.29. The molecule has 0 heterocycles. The molecular weight excluding hydrogens is 288 g/mol. The first-order valence-corrected chi connectivity index (χ1v) is 8.02. The van der Waals surface area contributed by atoms with Crippen LogP contribution in [0.3, 0.4) is 0 Å². The van der Waals surface area contributed by atoms with Crippen LogP contribution in [0.5, 0.6) is 0 Å². The van der Waals surface area contributed by atoms with Crippen molar-refractivity contribution >= 4 is 6.03 Å². The highest BCUT2D eigenvalue weighted by Crippen LogP contribution is 2.46. The van der Waals surface area contributed by atoms with Gasteiger partial charge in [0.1, 0.15) is 0 Å². The number of benzene rings is 2. The average molecular weight is 310 g/mol.